The summed E-state index contributed by atoms with van der Waals surface area (Å²) >= 11 is 5.92. The van der Waals surface area contributed by atoms with Crippen molar-refractivity contribution in [3.63, 3.8) is 0 Å². The molecule has 0 aliphatic heterocycles. The normalized spacial score (nSPS) is 11.1. The number of likely N-dealkylation sites (N-methyl/N-ethyl adjacent to an activating group) is 1. The van der Waals surface area contributed by atoms with Crippen LogP contribution in [-0.2, 0) is 0 Å². The van der Waals surface area contributed by atoms with Crippen LogP contribution < -0.4 is 5.32 Å². The number of nitrogens with zero attached hydrogens (tertiary/aromatic N) is 3. The molecule has 0 radical (unpaired) electrons. The maximum Gasteiger partial charge on any atom is 0.224 e. The zero-order chi connectivity index (χ0) is 13.0. The summed E-state index contributed by atoms with van der Waals surface area (Å²) < 4.78 is 0. The van der Waals surface area contributed by atoms with Crippen molar-refractivity contribution in [1.29, 1.82) is 0 Å². The Balaban J connectivity index is 2.17. The Labute approximate surface area is 112 Å². The first-order chi connectivity index (χ1) is 8.70. The van der Waals surface area contributed by atoms with Crippen LogP contribution in [0.1, 0.15) is 6.92 Å². The van der Waals surface area contributed by atoms with Crippen LogP contribution in [0.4, 0.5) is 5.82 Å². The highest BCUT2D eigenvalue weighted by Gasteiger charge is 2.05. The van der Waals surface area contributed by atoms with Crippen molar-refractivity contribution in [3.8, 4) is 0 Å². The number of fused-ring (bicyclic) bond motifs is 1. The van der Waals surface area contributed by atoms with Gasteiger partial charge in [0.1, 0.15) is 5.82 Å². The molecule has 0 unspecified atom stereocenters. The second kappa shape index (κ2) is 5.98. The highest BCUT2D eigenvalue weighted by atomic mass is 35.5. The van der Waals surface area contributed by atoms with Gasteiger partial charge in [-0.3, -0.25) is 0 Å². The summed E-state index contributed by atoms with van der Waals surface area (Å²) in [6, 6.07) is 7.85. The molecule has 0 saturated carbocycles. The number of rotatable bonds is 5. The lowest BCUT2D eigenvalue weighted by atomic mass is 10.2. The fraction of sp³-hybridized carbons (Fsp3) is 0.385. The number of nitrogens with one attached hydrogen (secondary N) is 1. The smallest absolute Gasteiger partial charge is 0.224 e. The van der Waals surface area contributed by atoms with Gasteiger partial charge in [0.2, 0.25) is 5.28 Å². The van der Waals surface area contributed by atoms with Crippen LogP contribution >= 0.6 is 11.6 Å². The predicted octanol–water partition coefficient (Wildman–Crippen LogP) is 2.65. The zero-order valence-electron chi connectivity index (χ0n) is 10.7. The van der Waals surface area contributed by atoms with Gasteiger partial charge in [-0.1, -0.05) is 19.1 Å². The van der Waals surface area contributed by atoms with Gasteiger partial charge < -0.3 is 10.2 Å². The van der Waals surface area contributed by atoms with Crippen LogP contribution in [0.2, 0.25) is 5.28 Å². The largest absolute Gasteiger partial charge is 0.368 e. The fourth-order valence-electron chi connectivity index (χ4n) is 1.71. The molecule has 5 heteroatoms. The van der Waals surface area contributed by atoms with Crippen molar-refractivity contribution in [2.45, 2.75) is 6.92 Å². The molecule has 0 bridgehead atoms. The minimum atomic E-state index is 0.278. The molecule has 0 amide bonds. The van der Waals surface area contributed by atoms with E-state index in [0.29, 0.717) is 0 Å². The van der Waals surface area contributed by atoms with Gasteiger partial charge in [0.05, 0.1) is 5.52 Å². The van der Waals surface area contributed by atoms with E-state index in [9.17, 15) is 0 Å². The first-order valence-electron chi connectivity index (χ1n) is 6.05. The van der Waals surface area contributed by atoms with E-state index in [1.54, 1.807) is 0 Å². The van der Waals surface area contributed by atoms with Crippen LogP contribution in [-0.4, -0.2) is 41.5 Å². The van der Waals surface area contributed by atoms with E-state index in [0.717, 1.165) is 36.4 Å². The molecule has 18 heavy (non-hydrogen) atoms. The van der Waals surface area contributed by atoms with Crippen LogP contribution in [0.25, 0.3) is 10.9 Å². The van der Waals surface area contributed by atoms with Gasteiger partial charge in [0.15, 0.2) is 0 Å². The highest BCUT2D eigenvalue weighted by Crippen LogP contribution is 2.21. The second-order valence-corrected chi connectivity index (χ2v) is 4.52. The van der Waals surface area contributed by atoms with Crippen molar-refractivity contribution in [2.75, 3.05) is 32.0 Å². The molecule has 0 saturated heterocycles. The number of para-hydroxylation sites is 1. The van der Waals surface area contributed by atoms with Gasteiger partial charge in [-0.25, -0.2) is 9.97 Å². The Kier molecular flexibility index (Phi) is 4.33. The molecule has 0 aliphatic rings. The average molecular weight is 265 g/mol. The molecule has 1 aromatic carbocycles. The third-order valence-electron chi connectivity index (χ3n) is 2.90. The fourth-order valence-corrected chi connectivity index (χ4v) is 1.88. The zero-order valence-corrected chi connectivity index (χ0v) is 11.4. The summed E-state index contributed by atoms with van der Waals surface area (Å²) in [4.78, 5) is 10.7. The molecule has 2 aromatic rings. The summed E-state index contributed by atoms with van der Waals surface area (Å²) in [7, 11) is 2.09. The topological polar surface area (TPSA) is 41.0 Å². The molecule has 0 atom stereocenters. The SMILES string of the molecule is CCN(C)CCNc1nc(Cl)nc2ccccc12. The predicted molar refractivity (Wildman–Crippen MR) is 76.2 cm³/mol. The molecule has 0 spiro atoms. The molecule has 1 heterocycles. The lowest BCUT2D eigenvalue weighted by molar-refractivity contribution is 0.367. The molecule has 4 nitrogen and oxygen atoms in total. The van der Waals surface area contributed by atoms with E-state index in [1.807, 2.05) is 24.3 Å². The summed E-state index contributed by atoms with van der Waals surface area (Å²) in [6.07, 6.45) is 0. The number of anilines is 1. The third kappa shape index (κ3) is 3.09. The molecule has 0 aliphatic carbocycles. The Morgan fingerprint density at radius 1 is 1.28 bits per heavy atom. The highest BCUT2D eigenvalue weighted by molar-refractivity contribution is 6.28. The van der Waals surface area contributed by atoms with Crippen LogP contribution in [0, 0.1) is 0 Å². The van der Waals surface area contributed by atoms with Gasteiger partial charge in [0, 0.05) is 18.5 Å². The van der Waals surface area contributed by atoms with E-state index in [2.05, 4.69) is 34.2 Å². The van der Waals surface area contributed by atoms with Crippen molar-refractivity contribution >= 4 is 28.3 Å². The van der Waals surface area contributed by atoms with E-state index in [1.165, 1.54) is 0 Å². The van der Waals surface area contributed by atoms with E-state index >= 15 is 0 Å². The molecule has 1 N–H and O–H groups in total. The molecule has 0 fully saturated rings. The number of halogens is 1. The van der Waals surface area contributed by atoms with Gasteiger partial charge >= 0.3 is 0 Å². The van der Waals surface area contributed by atoms with E-state index in [4.69, 9.17) is 11.6 Å². The maximum absolute atomic E-state index is 5.92. The summed E-state index contributed by atoms with van der Waals surface area (Å²) in [5, 5.41) is 4.60. The standard InChI is InChI=1S/C13H17ClN4/c1-3-18(2)9-8-15-12-10-6-4-5-7-11(10)16-13(14)17-12/h4-7H,3,8-9H2,1-2H3,(H,15,16,17). The van der Waals surface area contributed by atoms with Crippen molar-refractivity contribution in [2.24, 2.45) is 0 Å². The summed E-state index contributed by atoms with van der Waals surface area (Å²) in [5.41, 5.74) is 0.865. The molecule has 96 valence electrons. The van der Waals surface area contributed by atoms with Gasteiger partial charge in [-0.2, -0.15) is 0 Å². The molecule has 1 aromatic heterocycles. The summed E-state index contributed by atoms with van der Waals surface area (Å²) in [5.74, 6) is 0.801. The van der Waals surface area contributed by atoms with Crippen LogP contribution in [0.3, 0.4) is 0 Å². The first kappa shape index (κ1) is 13.1. The van der Waals surface area contributed by atoms with E-state index < -0.39 is 0 Å². The molecule has 2 rings (SSSR count). The van der Waals surface area contributed by atoms with Crippen LogP contribution in [0.15, 0.2) is 24.3 Å². The maximum atomic E-state index is 5.92. The minimum Gasteiger partial charge on any atom is -0.368 e. The first-order valence-corrected chi connectivity index (χ1v) is 6.43. The number of benzene rings is 1. The lowest BCUT2D eigenvalue weighted by Gasteiger charge is -2.15. The second-order valence-electron chi connectivity index (χ2n) is 4.18. The van der Waals surface area contributed by atoms with E-state index in [-0.39, 0.29) is 5.28 Å². The Morgan fingerprint density at radius 2 is 2.06 bits per heavy atom. The third-order valence-corrected chi connectivity index (χ3v) is 3.07. The van der Waals surface area contributed by atoms with Crippen molar-refractivity contribution < 1.29 is 0 Å². The Morgan fingerprint density at radius 3 is 2.83 bits per heavy atom. The quantitative estimate of drug-likeness (QED) is 0.843. The van der Waals surface area contributed by atoms with Gasteiger partial charge in [0.25, 0.3) is 0 Å². The molecular weight excluding hydrogens is 248 g/mol. The van der Waals surface area contributed by atoms with Crippen LogP contribution in [0.5, 0.6) is 0 Å². The van der Waals surface area contributed by atoms with Gasteiger partial charge in [-0.05, 0) is 37.3 Å². The van der Waals surface area contributed by atoms with Gasteiger partial charge in [-0.15, -0.1) is 0 Å². The number of aromatic nitrogens is 2. The lowest BCUT2D eigenvalue weighted by Crippen LogP contribution is -2.25. The molecular formula is C13H17ClN4. The van der Waals surface area contributed by atoms with Crippen molar-refractivity contribution in [3.05, 3.63) is 29.5 Å². The number of hydrogen-bond donors (Lipinski definition) is 1. The number of hydrogen-bond acceptors (Lipinski definition) is 4. The Bertz CT molecular complexity index is 529. The Hall–Kier alpha value is -1.39. The minimum absolute atomic E-state index is 0.278. The monoisotopic (exact) mass is 264 g/mol. The van der Waals surface area contributed by atoms with Crippen molar-refractivity contribution in [1.82, 2.24) is 14.9 Å². The summed E-state index contributed by atoms with van der Waals surface area (Å²) in [6.45, 7) is 4.97. The average Bonchev–Trinajstić information content (AvgIpc) is 2.38.